The highest BCUT2D eigenvalue weighted by molar-refractivity contribution is 6.00. The number of fused-ring (bicyclic) bond motifs is 2. The van der Waals surface area contributed by atoms with Crippen molar-refractivity contribution >= 4 is 5.84 Å². The van der Waals surface area contributed by atoms with Crippen LogP contribution in [0.25, 0.3) is 0 Å². The number of aliphatic imine (C=N–C) groups is 1. The molecule has 0 aliphatic carbocycles. The second-order valence-electron chi connectivity index (χ2n) is 8.66. The minimum atomic E-state index is 0.613. The van der Waals surface area contributed by atoms with Gasteiger partial charge in [-0.15, -0.1) is 0 Å². The molecule has 0 aromatic heterocycles. The van der Waals surface area contributed by atoms with Gasteiger partial charge in [-0.1, -0.05) is 18.9 Å². The second kappa shape index (κ2) is 11.7. The van der Waals surface area contributed by atoms with Gasteiger partial charge in [-0.3, -0.25) is 0 Å². The van der Waals surface area contributed by atoms with Crippen molar-refractivity contribution < 1.29 is 4.74 Å². The Bertz CT molecular complexity index is 589. The summed E-state index contributed by atoms with van der Waals surface area (Å²) in [7, 11) is 1.73. The lowest BCUT2D eigenvalue weighted by Gasteiger charge is -2.37. The van der Waals surface area contributed by atoms with Gasteiger partial charge in [0.25, 0.3) is 0 Å². The van der Waals surface area contributed by atoms with E-state index in [9.17, 15) is 0 Å². The predicted molar refractivity (Wildman–Crippen MR) is 121 cm³/mol. The molecule has 4 heterocycles. The van der Waals surface area contributed by atoms with Gasteiger partial charge in [0.15, 0.2) is 0 Å². The van der Waals surface area contributed by atoms with E-state index in [-0.39, 0.29) is 0 Å². The predicted octanol–water partition coefficient (Wildman–Crippen LogP) is 2.79. The monoisotopic (exact) mass is 403 g/mol. The fourth-order valence-corrected chi connectivity index (χ4v) is 4.58. The van der Waals surface area contributed by atoms with Crippen molar-refractivity contribution in [3.05, 3.63) is 23.1 Å². The molecule has 0 radical (unpaired) electrons. The lowest BCUT2D eigenvalue weighted by molar-refractivity contribution is 0.272. The van der Waals surface area contributed by atoms with E-state index in [0.717, 1.165) is 57.2 Å². The molecule has 6 nitrogen and oxygen atoms in total. The van der Waals surface area contributed by atoms with Gasteiger partial charge < -0.3 is 25.6 Å². The third-order valence-corrected chi connectivity index (χ3v) is 6.23. The summed E-state index contributed by atoms with van der Waals surface area (Å²) in [4.78, 5) is 7.50. The Morgan fingerprint density at radius 2 is 1.86 bits per heavy atom. The van der Waals surface area contributed by atoms with Crippen molar-refractivity contribution in [3.8, 4) is 0 Å². The molecule has 2 bridgehead atoms. The van der Waals surface area contributed by atoms with E-state index in [1.165, 1.54) is 49.9 Å². The van der Waals surface area contributed by atoms with Crippen molar-refractivity contribution in [1.29, 1.82) is 0 Å². The zero-order valence-corrected chi connectivity index (χ0v) is 18.7. The minimum Gasteiger partial charge on any atom is -0.481 e. The summed E-state index contributed by atoms with van der Waals surface area (Å²) in [5.74, 6) is 1.91. The number of ether oxygens (including phenoxy) is 1. The number of rotatable bonds is 5. The Kier molecular flexibility index (Phi) is 9.02. The number of unbranched alkanes of at least 4 members (excludes halogenated alkanes) is 1. The maximum atomic E-state index is 5.56. The molecule has 4 rings (SSSR count). The average molecular weight is 404 g/mol. The Morgan fingerprint density at radius 3 is 2.41 bits per heavy atom. The molecule has 0 saturated carbocycles. The third-order valence-electron chi connectivity index (χ3n) is 6.23. The first-order chi connectivity index (χ1) is 14.2. The first-order valence-corrected chi connectivity index (χ1v) is 11.7. The summed E-state index contributed by atoms with van der Waals surface area (Å²) in [5.41, 5.74) is 2.83. The maximum Gasteiger partial charge on any atom is 0.210 e. The van der Waals surface area contributed by atoms with E-state index in [1.54, 1.807) is 7.11 Å². The number of hydrogen-bond acceptors (Lipinski definition) is 5. The second-order valence-corrected chi connectivity index (χ2v) is 8.66. The summed E-state index contributed by atoms with van der Waals surface area (Å²) in [6, 6.07) is 1.23. The highest BCUT2D eigenvalue weighted by Crippen LogP contribution is 2.25. The van der Waals surface area contributed by atoms with Crippen LogP contribution < -0.4 is 16.0 Å². The Labute approximate surface area is 177 Å². The molecule has 2 unspecified atom stereocenters. The van der Waals surface area contributed by atoms with Gasteiger partial charge in [0, 0.05) is 31.7 Å². The van der Waals surface area contributed by atoms with Crippen molar-refractivity contribution in [3.63, 3.8) is 0 Å². The summed E-state index contributed by atoms with van der Waals surface area (Å²) in [6.07, 6.45) is 10.6. The van der Waals surface area contributed by atoms with Gasteiger partial charge in [-0.2, -0.15) is 4.99 Å². The number of allylic oxidation sites excluding steroid dienone is 1. The van der Waals surface area contributed by atoms with Gasteiger partial charge in [-0.05, 0) is 76.7 Å². The molecule has 3 fully saturated rings. The molecule has 6 heteroatoms. The van der Waals surface area contributed by atoms with Crippen molar-refractivity contribution in [2.75, 3.05) is 46.4 Å². The molecule has 2 atom stereocenters. The number of likely N-dealkylation sites (tertiary alicyclic amines) is 1. The molecule has 4 aliphatic rings. The maximum absolute atomic E-state index is 5.56. The first-order valence-electron chi connectivity index (χ1n) is 11.7. The number of piperazine rings is 1. The number of nitrogens with zero attached hydrogens (tertiary/aromatic N) is 2. The van der Waals surface area contributed by atoms with Gasteiger partial charge in [0.05, 0.1) is 7.11 Å². The van der Waals surface area contributed by atoms with E-state index in [0.29, 0.717) is 12.1 Å². The topological polar surface area (TPSA) is 60.9 Å². The van der Waals surface area contributed by atoms with E-state index in [1.807, 2.05) is 0 Å². The molecular formula is C23H41N5O. The van der Waals surface area contributed by atoms with Crippen LogP contribution in [0, 0.1) is 0 Å². The van der Waals surface area contributed by atoms with E-state index in [2.05, 4.69) is 40.8 Å². The van der Waals surface area contributed by atoms with E-state index in [4.69, 9.17) is 9.73 Å². The van der Waals surface area contributed by atoms with Crippen molar-refractivity contribution in [2.24, 2.45) is 4.99 Å². The summed E-state index contributed by atoms with van der Waals surface area (Å²) < 4.78 is 5.56. The molecule has 4 aliphatic heterocycles. The normalized spacial score (nSPS) is 27.8. The quantitative estimate of drug-likeness (QED) is 0.374. The zero-order chi connectivity index (χ0) is 20.5. The molecule has 0 amide bonds. The van der Waals surface area contributed by atoms with Crippen molar-refractivity contribution in [2.45, 2.75) is 70.9 Å². The van der Waals surface area contributed by atoms with Crippen LogP contribution in [0.1, 0.15) is 58.8 Å². The summed E-state index contributed by atoms with van der Waals surface area (Å²) in [5, 5.41) is 10.4. The summed E-state index contributed by atoms with van der Waals surface area (Å²) in [6.45, 7) is 11.0. The van der Waals surface area contributed by atoms with Crippen LogP contribution in [0.5, 0.6) is 0 Å². The number of nitrogens with one attached hydrogen (secondary N) is 3. The number of amidine groups is 1. The zero-order valence-electron chi connectivity index (χ0n) is 18.7. The molecule has 3 saturated heterocycles. The van der Waals surface area contributed by atoms with Crippen LogP contribution >= 0.6 is 0 Å². The van der Waals surface area contributed by atoms with Gasteiger partial charge in [0.1, 0.15) is 5.84 Å². The van der Waals surface area contributed by atoms with E-state index >= 15 is 0 Å². The lowest BCUT2D eigenvalue weighted by atomic mass is 10.00. The molecule has 3 N–H and O–H groups in total. The third kappa shape index (κ3) is 6.56. The van der Waals surface area contributed by atoms with Crippen LogP contribution in [0.4, 0.5) is 0 Å². The smallest absolute Gasteiger partial charge is 0.210 e. The van der Waals surface area contributed by atoms with Gasteiger partial charge in [0.2, 0.25) is 5.88 Å². The van der Waals surface area contributed by atoms with Crippen LogP contribution in [-0.4, -0.2) is 69.2 Å². The van der Waals surface area contributed by atoms with Gasteiger partial charge in [-0.25, -0.2) is 0 Å². The lowest BCUT2D eigenvalue weighted by Crippen LogP contribution is -2.53. The highest BCUT2D eigenvalue weighted by atomic mass is 16.5. The molecule has 0 aromatic carbocycles. The van der Waals surface area contributed by atoms with Crippen LogP contribution in [0.3, 0.4) is 0 Å². The highest BCUT2D eigenvalue weighted by Gasteiger charge is 2.34. The minimum absolute atomic E-state index is 0.613. The largest absolute Gasteiger partial charge is 0.481 e. The standard InChI is InChI=1S/C19H32N4O.C4H9N/c1-4-5-6-18(24-3)22-19(17-9-10-20-11-14(17)2)23-12-15-7-8-16(13-23)21-15;1-2-4-5-3-1/h6,15-16,20-21H,4-5,7-13H2,1-3H3;5H,1-4H2/b18-6-,22-19+;. The average Bonchev–Trinajstić information content (AvgIpc) is 3.42. The summed E-state index contributed by atoms with van der Waals surface area (Å²) >= 11 is 0. The first kappa shape index (κ1) is 22.3. The molecule has 0 spiro atoms. The number of methoxy groups -OCH3 is 1. The molecular weight excluding hydrogens is 362 g/mol. The van der Waals surface area contributed by atoms with E-state index < -0.39 is 0 Å². The van der Waals surface area contributed by atoms with Gasteiger partial charge >= 0.3 is 0 Å². The number of hydrogen-bond donors (Lipinski definition) is 3. The Hall–Kier alpha value is -1.37. The molecule has 29 heavy (non-hydrogen) atoms. The fraction of sp³-hybridized carbons (Fsp3) is 0.783. The van der Waals surface area contributed by atoms with Crippen molar-refractivity contribution in [1.82, 2.24) is 20.9 Å². The molecule has 164 valence electrons. The molecule has 0 aromatic rings. The van der Waals surface area contributed by atoms with Crippen LogP contribution in [0.15, 0.2) is 28.1 Å². The van der Waals surface area contributed by atoms with Crippen LogP contribution in [0.2, 0.25) is 0 Å². The Balaban J connectivity index is 0.000000419. The Morgan fingerprint density at radius 1 is 1.14 bits per heavy atom. The fourth-order valence-electron chi connectivity index (χ4n) is 4.58. The SMILES string of the molecule is C1CCNC1.CCC/C=C(/N=C(\C1=C(C)CNCC1)N1CC2CCC(C1)N2)OC. The van der Waals surface area contributed by atoms with Crippen LogP contribution in [-0.2, 0) is 4.74 Å².